The van der Waals surface area contributed by atoms with Crippen molar-refractivity contribution in [2.45, 2.75) is 89.0 Å². The molecule has 0 aromatic rings. The lowest BCUT2D eigenvalue weighted by atomic mass is 9.47. The van der Waals surface area contributed by atoms with E-state index in [4.69, 9.17) is 0 Å². The number of hydrogen-bond donors (Lipinski definition) is 0. The molecule has 0 nitrogen and oxygen atoms in total. The molecule has 0 aromatic carbocycles. The molecule has 0 aromatic heterocycles. The summed E-state index contributed by atoms with van der Waals surface area (Å²) in [6.07, 6.45) is 2.65. The van der Waals surface area contributed by atoms with Gasteiger partial charge in [0.1, 0.15) is 0 Å². The fourth-order valence-electron chi connectivity index (χ4n) is 5.21. The molecular formula is C20H42. The van der Waals surface area contributed by atoms with Crippen molar-refractivity contribution >= 4 is 0 Å². The first kappa shape index (κ1) is 20.0. The summed E-state index contributed by atoms with van der Waals surface area (Å²) in [6.45, 7) is 26.9. The Labute approximate surface area is 130 Å². The Bertz CT molecular complexity index is 258. The third-order valence-electron chi connectivity index (χ3n) is 5.67. The van der Waals surface area contributed by atoms with Gasteiger partial charge in [-0.25, -0.2) is 0 Å². The van der Waals surface area contributed by atoms with Crippen LogP contribution in [0, 0.1) is 40.4 Å². The molecule has 0 saturated carbocycles. The summed E-state index contributed by atoms with van der Waals surface area (Å²) in [5.41, 5.74) is 0.782. The van der Waals surface area contributed by atoms with Crippen molar-refractivity contribution in [3.63, 3.8) is 0 Å². The summed E-state index contributed by atoms with van der Waals surface area (Å²) in [5, 5.41) is 0. The predicted molar refractivity (Wildman–Crippen MR) is 94.0 cm³/mol. The minimum atomic E-state index is 0.353. The van der Waals surface area contributed by atoms with Gasteiger partial charge in [0.05, 0.1) is 0 Å². The van der Waals surface area contributed by atoms with E-state index >= 15 is 0 Å². The second kappa shape index (κ2) is 7.32. The van der Waals surface area contributed by atoms with E-state index in [1.807, 2.05) is 0 Å². The van der Waals surface area contributed by atoms with Crippen molar-refractivity contribution < 1.29 is 0 Å². The minimum Gasteiger partial charge on any atom is -0.0651 e. The lowest BCUT2D eigenvalue weighted by Crippen LogP contribution is -2.51. The van der Waals surface area contributed by atoms with Crippen molar-refractivity contribution in [3.8, 4) is 0 Å². The Morgan fingerprint density at radius 3 is 1.35 bits per heavy atom. The molecule has 0 bridgehead atoms. The van der Waals surface area contributed by atoms with Crippen LogP contribution in [0.5, 0.6) is 0 Å². The third kappa shape index (κ3) is 4.01. The Balaban J connectivity index is 6.08. The first-order valence-corrected chi connectivity index (χ1v) is 8.91. The summed E-state index contributed by atoms with van der Waals surface area (Å²) in [7, 11) is 0. The standard InChI is InChI=1S/C20H42/c1-12-17(8)20(13-14(2)3,19(9,10)11)18(15(4)5)16(6)7/h14-18H,12-13H2,1-11H3. The lowest BCUT2D eigenvalue weighted by Gasteiger charge is -2.58. The van der Waals surface area contributed by atoms with Crippen LogP contribution in [0.15, 0.2) is 0 Å². The highest BCUT2D eigenvalue weighted by atomic mass is 14.6. The Morgan fingerprint density at radius 2 is 1.15 bits per heavy atom. The van der Waals surface area contributed by atoms with Gasteiger partial charge in [-0.15, -0.1) is 0 Å². The highest BCUT2D eigenvalue weighted by Gasteiger charge is 2.52. The molecule has 0 heterocycles. The Kier molecular flexibility index (Phi) is 7.32. The quantitative estimate of drug-likeness (QED) is 0.470. The van der Waals surface area contributed by atoms with Gasteiger partial charge in [-0.1, -0.05) is 82.6 Å². The van der Waals surface area contributed by atoms with Gasteiger partial charge in [0.2, 0.25) is 0 Å². The summed E-state index contributed by atoms with van der Waals surface area (Å²) in [4.78, 5) is 0. The van der Waals surface area contributed by atoms with E-state index in [0.29, 0.717) is 10.8 Å². The normalized spacial score (nSPS) is 18.1. The van der Waals surface area contributed by atoms with Gasteiger partial charge in [-0.2, -0.15) is 0 Å². The third-order valence-corrected chi connectivity index (χ3v) is 5.67. The smallest absolute Gasteiger partial charge is 0.0188 e. The van der Waals surface area contributed by atoms with Crippen molar-refractivity contribution in [2.75, 3.05) is 0 Å². The molecule has 0 fully saturated rings. The van der Waals surface area contributed by atoms with Crippen LogP contribution in [0.1, 0.15) is 89.0 Å². The molecule has 0 amide bonds. The molecular weight excluding hydrogens is 240 g/mol. The lowest BCUT2D eigenvalue weighted by molar-refractivity contribution is -0.0944. The highest BCUT2D eigenvalue weighted by molar-refractivity contribution is 5.00. The molecule has 0 radical (unpaired) electrons. The van der Waals surface area contributed by atoms with E-state index in [1.54, 1.807) is 0 Å². The number of hydrogen-bond acceptors (Lipinski definition) is 0. The van der Waals surface area contributed by atoms with Crippen LogP contribution in [-0.2, 0) is 0 Å². The van der Waals surface area contributed by atoms with E-state index in [9.17, 15) is 0 Å². The van der Waals surface area contributed by atoms with Crippen LogP contribution in [0.25, 0.3) is 0 Å². The van der Waals surface area contributed by atoms with Crippen molar-refractivity contribution in [1.29, 1.82) is 0 Å². The fourth-order valence-corrected chi connectivity index (χ4v) is 5.21. The first-order valence-electron chi connectivity index (χ1n) is 8.91. The Hall–Kier alpha value is 0. The van der Waals surface area contributed by atoms with Crippen LogP contribution in [0.2, 0.25) is 0 Å². The highest BCUT2D eigenvalue weighted by Crippen LogP contribution is 2.59. The first-order chi connectivity index (χ1) is 8.91. The maximum atomic E-state index is 2.51. The van der Waals surface area contributed by atoms with E-state index in [1.165, 1.54) is 12.8 Å². The van der Waals surface area contributed by atoms with Crippen LogP contribution >= 0.6 is 0 Å². The van der Waals surface area contributed by atoms with Crippen LogP contribution in [-0.4, -0.2) is 0 Å². The molecule has 20 heavy (non-hydrogen) atoms. The second-order valence-corrected chi connectivity index (χ2v) is 9.21. The molecule has 2 unspecified atom stereocenters. The molecule has 0 aliphatic rings. The topological polar surface area (TPSA) is 0 Å². The van der Waals surface area contributed by atoms with Crippen molar-refractivity contribution in [3.05, 3.63) is 0 Å². The summed E-state index contributed by atoms with van der Waals surface area (Å²) < 4.78 is 0. The molecule has 0 spiro atoms. The van der Waals surface area contributed by atoms with E-state index in [0.717, 1.165) is 29.6 Å². The van der Waals surface area contributed by atoms with Gasteiger partial charge < -0.3 is 0 Å². The molecule has 0 rings (SSSR count). The zero-order chi connectivity index (χ0) is 16.3. The largest absolute Gasteiger partial charge is 0.0651 e. The minimum absolute atomic E-state index is 0.353. The average Bonchev–Trinajstić information content (AvgIpc) is 2.23. The van der Waals surface area contributed by atoms with Crippen molar-refractivity contribution in [2.24, 2.45) is 40.4 Å². The second-order valence-electron chi connectivity index (χ2n) is 9.21. The van der Waals surface area contributed by atoms with Crippen LogP contribution in [0.4, 0.5) is 0 Å². The van der Waals surface area contributed by atoms with E-state index in [2.05, 4.69) is 76.2 Å². The molecule has 2 atom stereocenters. The van der Waals surface area contributed by atoms with Gasteiger partial charge in [0, 0.05) is 0 Å². The number of rotatable bonds is 7. The van der Waals surface area contributed by atoms with Crippen LogP contribution < -0.4 is 0 Å². The predicted octanol–water partition coefficient (Wildman–Crippen LogP) is 7.04. The summed E-state index contributed by atoms with van der Waals surface area (Å²) in [5.74, 6) is 3.84. The van der Waals surface area contributed by atoms with E-state index < -0.39 is 0 Å². The fraction of sp³-hybridized carbons (Fsp3) is 1.00. The zero-order valence-corrected chi connectivity index (χ0v) is 16.3. The Morgan fingerprint density at radius 1 is 0.750 bits per heavy atom. The van der Waals surface area contributed by atoms with Gasteiger partial charge >= 0.3 is 0 Å². The maximum absolute atomic E-state index is 2.51. The van der Waals surface area contributed by atoms with Crippen LogP contribution in [0.3, 0.4) is 0 Å². The molecule has 122 valence electrons. The summed E-state index contributed by atoms with van der Waals surface area (Å²) in [6, 6.07) is 0. The van der Waals surface area contributed by atoms with Gasteiger partial charge in [-0.3, -0.25) is 0 Å². The molecule has 0 aliphatic carbocycles. The zero-order valence-electron chi connectivity index (χ0n) is 16.3. The molecule has 0 saturated heterocycles. The molecule has 0 N–H and O–H groups in total. The van der Waals surface area contributed by atoms with E-state index in [-0.39, 0.29) is 0 Å². The molecule has 0 heteroatoms. The van der Waals surface area contributed by atoms with Gasteiger partial charge in [-0.05, 0) is 46.8 Å². The van der Waals surface area contributed by atoms with Gasteiger partial charge in [0.15, 0.2) is 0 Å². The monoisotopic (exact) mass is 282 g/mol. The summed E-state index contributed by atoms with van der Waals surface area (Å²) >= 11 is 0. The van der Waals surface area contributed by atoms with Crippen molar-refractivity contribution in [1.82, 2.24) is 0 Å². The maximum Gasteiger partial charge on any atom is -0.0188 e. The average molecular weight is 283 g/mol. The molecule has 0 aliphatic heterocycles. The van der Waals surface area contributed by atoms with Gasteiger partial charge in [0.25, 0.3) is 0 Å². The SMILES string of the molecule is CCC(C)C(CC(C)C)(C(C(C)C)C(C)C)C(C)(C)C.